The summed E-state index contributed by atoms with van der Waals surface area (Å²) >= 11 is 0. The maximum Gasteiger partial charge on any atom is 0.337 e. The monoisotopic (exact) mass is 405 g/mol. The van der Waals surface area contributed by atoms with Crippen molar-refractivity contribution in [2.75, 3.05) is 26.8 Å². The SMILES string of the molecule is COC(=O)c1ccc(CC(C)N2CCOC(c3cccc(O)c3C)C2)cc1.Cl. The van der Waals surface area contributed by atoms with Gasteiger partial charge in [-0.15, -0.1) is 12.4 Å². The molecule has 1 heterocycles. The number of methoxy groups -OCH3 is 1. The number of phenols is 1. The van der Waals surface area contributed by atoms with E-state index in [2.05, 4.69) is 11.8 Å². The molecule has 1 N–H and O–H groups in total. The van der Waals surface area contributed by atoms with Crippen molar-refractivity contribution in [1.29, 1.82) is 0 Å². The largest absolute Gasteiger partial charge is 0.508 e. The highest BCUT2D eigenvalue weighted by atomic mass is 35.5. The van der Waals surface area contributed by atoms with Crippen LogP contribution >= 0.6 is 12.4 Å². The van der Waals surface area contributed by atoms with E-state index in [1.807, 2.05) is 43.3 Å². The Morgan fingerprint density at radius 2 is 2.00 bits per heavy atom. The molecule has 0 aromatic heterocycles. The van der Waals surface area contributed by atoms with Crippen molar-refractivity contribution >= 4 is 18.4 Å². The van der Waals surface area contributed by atoms with Crippen LogP contribution in [0.25, 0.3) is 0 Å². The van der Waals surface area contributed by atoms with Crippen molar-refractivity contribution in [2.45, 2.75) is 32.4 Å². The molecule has 1 aliphatic heterocycles. The fourth-order valence-corrected chi connectivity index (χ4v) is 3.61. The molecule has 5 nitrogen and oxygen atoms in total. The first-order valence-electron chi connectivity index (χ1n) is 9.31. The number of aromatic hydroxyl groups is 1. The Hall–Kier alpha value is -2.08. The van der Waals surface area contributed by atoms with E-state index in [1.54, 1.807) is 6.07 Å². The Morgan fingerprint density at radius 3 is 2.68 bits per heavy atom. The molecule has 0 spiro atoms. The van der Waals surface area contributed by atoms with E-state index in [-0.39, 0.29) is 24.5 Å². The molecule has 2 aromatic carbocycles. The van der Waals surface area contributed by atoms with Crippen LogP contribution in [0.5, 0.6) is 5.75 Å². The van der Waals surface area contributed by atoms with Crippen LogP contribution in [0.15, 0.2) is 42.5 Å². The van der Waals surface area contributed by atoms with Crippen molar-refractivity contribution in [3.05, 3.63) is 64.7 Å². The number of nitrogens with zero attached hydrogens (tertiary/aromatic N) is 1. The van der Waals surface area contributed by atoms with Gasteiger partial charge in [-0.2, -0.15) is 0 Å². The Kier molecular flexibility index (Phi) is 7.87. The lowest BCUT2D eigenvalue weighted by atomic mass is 9.99. The minimum atomic E-state index is -0.313. The van der Waals surface area contributed by atoms with Crippen LogP contribution in [-0.4, -0.2) is 48.8 Å². The molecular weight excluding hydrogens is 378 g/mol. The second-order valence-corrected chi connectivity index (χ2v) is 7.09. The van der Waals surface area contributed by atoms with Crippen molar-refractivity contribution in [2.24, 2.45) is 0 Å². The highest BCUT2D eigenvalue weighted by molar-refractivity contribution is 5.89. The molecule has 6 heteroatoms. The first-order valence-corrected chi connectivity index (χ1v) is 9.31. The second-order valence-electron chi connectivity index (χ2n) is 7.09. The predicted molar refractivity (Wildman–Crippen MR) is 111 cm³/mol. The summed E-state index contributed by atoms with van der Waals surface area (Å²) < 4.78 is 10.7. The molecule has 3 rings (SSSR count). The minimum absolute atomic E-state index is 0. The third kappa shape index (κ3) is 5.04. The van der Waals surface area contributed by atoms with Crippen molar-refractivity contribution in [1.82, 2.24) is 4.90 Å². The fourth-order valence-electron chi connectivity index (χ4n) is 3.61. The molecule has 0 aliphatic carbocycles. The average Bonchev–Trinajstić information content (AvgIpc) is 2.70. The number of hydrogen-bond donors (Lipinski definition) is 1. The maximum atomic E-state index is 11.6. The van der Waals surface area contributed by atoms with Gasteiger partial charge >= 0.3 is 5.97 Å². The van der Waals surface area contributed by atoms with Crippen LogP contribution < -0.4 is 0 Å². The number of hydrogen-bond acceptors (Lipinski definition) is 5. The lowest BCUT2D eigenvalue weighted by Crippen LogP contribution is -2.44. The van der Waals surface area contributed by atoms with E-state index in [4.69, 9.17) is 9.47 Å². The molecule has 2 aromatic rings. The number of benzene rings is 2. The molecule has 1 aliphatic rings. The number of morpholine rings is 1. The smallest absolute Gasteiger partial charge is 0.337 e. The number of esters is 1. The van der Waals surface area contributed by atoms with Gasteiger partial charge in [-0.05, 0) is 55.2 Å². The number of phenolic OH excluding ortho intramolecular Hbond substituents is 1. The molecule has 1 saturated heterocycles. The zero-order valence-corrected chi connectivity index (χ0v) is 17.4. The lowest BCUT2D eigenvalue weighted by Gasteiger charge is -2.37. The van der Waals surface area contributed by atoms with Gasteiger partial charge in [0.1, 0.15) is 5.75 Å². The fraction of sp³-hybridized carbons (Fsp3) is 0.409. The first-order chi connectivity index (χ1) is 13.0. The first kappa shape index (κ1) is 22.2. The van der Waals surface area contributed by atoms with Crippen LogP contribution in [0, 0.1) is 6.92 Å². The zero-order valence-electron chi connectivity index (χ0n) is 16.6. The third-order valence-corrected chi connectivity index (χ3v) is 5.32. The Bertz CT molecular complexity index is 794. The van der Waals surface area contributed by atoms with Gasteiger partial charge in [0.25, 0.3) is 0 Å². The molecule has 0 saturated carbocycles. The highest BCUT2D eigenvalue weighted by Gasteiger charge is 2.26. The van der Waals surface area contributed by atoms with Crippen molar-refractivity contribution in [3.8, 4) is 5.75 Å². The van der Waals surface area contributed by atoms with E-state index in [0.29, 0.717) is 24.0 Å². The summed E-state index contributed by atoms with van der Waals surface area (Å²) in [6.07, 6.45) is 0.864. The Balaban J connectivity index is 0.00000280. The Labute approximate surface area is 172 Å². The van der Waals surface area contributed by atoms with E-state index in [1.165, 1.54) is 12.7 Å². The van der Waals surface area contributed by atoms with Gasteiger partial charge in [0.05, 0.1) is 25.4 Å². The molecule has 152 valence electrons. The van der Waals surface area contributed by atoms with Gasteiger partial charge in [0.15, 0.2) is 0 Å². The van der Waals surface area contributed by atoms with Crippen molar-refractivity contribution < 1.29 is 19.4 Å². The average molecular weight is 406 g/mol. The molecule has 0 amide bonds. The van der Waals surface area contributed by atoms with Gasteiger partial charge in [0.2, 0.25) is 0 Å². The molecule has 1 fully saturated rings. The van der Waals surface area contributed by atoms with Gasteiger partial charge in [-0.1, -0.05) is 24.3 Å². The van der Waals surface area contributed by atoms with E-state index in [9.17, 15) is 9.90 Å². The normalized spacial score (nSPS) is 18.2. The highest BCUT2D eigenvalue weighted by Crippen LogP contribution is 2.30. The zero-order chi connectivity index (χ0) is 19.4. The molecule has 2 atom stereocenters. The summed E-state index contributed by atoms with van der Waals surface area (Å²) in [4.78, 5) is 14.0. The van der Waals surface area contributed by atoms with Crippen LogP contribution in [-0.2, 0) is 15.9 Å². The molecular formula is C22H28ClNO4. The topological polar surface area (TPSA) is 59.0 Å². The van der Waals surface area contributed by atoms with Gasteiger partial charge < -0.3 is 14.6 Å². The summed E-state index contributed by atoms with van der Waals surface area (Å²) in [6.45, 7) is 6.50. The van der Waals surface area contributed by atoms with Crippen LogP contribution in [0.3, 0.4) is 0 Å². The molecule has 0 radical (unpaired) electrons. The van der Waals surface area contributed by atoms with E-state index in [0.717, 1.165) is 30.6 Å². The van der Waals surface area contributed by atoms with Crippen LogP contribution in [0.1, 0.15) is 40.1 Å². The maximum absolute atomic E-state index is 11.6. The Morgan fingerprint density at radius 1 is 1.29 bits per heavy atom. The number of carbonyl (C=O) groups excluding carboxylic acids is 1. The van der Waals surface area contributed by atoms with Gasteiger partial charge in [-0.25, -0.2) is 4.79 Å². The van der Waals surface area contributed by atoms with Crippen LogP contribution in [0.4, 0.5) is 0 Å². The number of rotatable bonds is 5. The summed E-state index contributed by atoms with van der Waals surface area (Å²) in [5.74, 6) is -0.000860. The summed E-state index contributed by atoms with van der Waals surface area (Å²) in [5.41, 5.74) is 3.69. The summed E-state index contributed by atoms with van der Waals surface area (Å²) in [7, 11) is 1.39. The number of ether oxygens (including phenoxy) is 2. The molecule has 28 heavy (non-hydrogen) atoms. The van der Waals surface area contributed by atoms with Crippen molar-refractivity contribution in [3.63, 3.8) is 0 Å². The van der Waals surface area contributed by atoms with E-state index >= 15 is 0 Å². The van der Waals surface area contributed by atoms with Gasteiger partial charge in [0, 0.05) is 19.1 Å². The lowest BCUT2D eigenvalue weighted by molar-refractivity contribution is -0.0428. The molecule has 2 unspecified atom stereocenters. The molecule has 0 bridgehead atoms. The quantitative estimate of drug-likeness (QED) is 0.764. The number of carbonyl (C=O) groups is 1. The van der Waals surface area contributed by atoms with E-state index < -0.39 is 0 Å². The van der Waals surface area contributed by atoms with Gasteiger partial charge in [-0.3, -0.25) is 4.90 Å². The summed E-state index contributed by atoms with van der Waals surface area (Å²) in [6, 6.07) is 13.5. The minimum Gasteiger partial charge on any atom is -0.508 e. The predicted octanol–water partition coefficient (Wildman–Crippen LogP) is 3.91. The standard InChI is InChI=1S/C22H27NO4.ClH/c1-15(13-17-7-9-18(10-8-17)22(25)26-3)23-11-12-27-21(14-23)19-5-4-6-20(24)16(19)2;/h4-10,15,21,24H,11-14H2,1-3H3;1H. The second kappa shape index (κ2) is 9.92. The summed E-state index contributed by atoms with van der Waals surface area (Å²) in [5, 5.41) is 9.98. The number of halogens is 1. The van der Waals surface area contributed by atoms with Crippen LogP contribution in [0.2, 0.25) is 0 Å². The third-order valence-electron chi connectivity index (χ3n) is 5.32.